The minimum absolute atomic E-state index is 0.548. The maximum absolute atomic E-state index is 10.3. The van der Waals surface area contributed by atoms with Crippen molar-refractivity contribution in [1.82, 2.24) is 4.57 Å². The Bertz CT molecular complexity index is 3820. The van der Waals surface area contributed by atoms with Gasteiger partial charge in [0.15, 0.2) is 0 Å². The number of nitrogens with zero attached hydrogens (tertiary/aromatic N) is 6. The molecule has 6 heteroatoms. The van der Waals surface area contributed by atoms with Gasteiger partial charge >= 0.3 is 0 Å². The highest BCUT2D eigenvalue weighted by Crippen LogP contribution is 2.43. The van der Waals surface area contributed by atoms with E-state index in [4.69, 9.17) is 0 Å². The fourth-order valence-corrected chi connectivity index (χ4v) is 9.89. The fourth-order valence-electron chi connectivity index (χ4n) is 9.89. The van der Waals surface area contributed by atoms with E-state index in [1.54, 1.807) is 0 Å². The van der Waals surface area contributed by atoms with Gasteiger partial charge in [-0.2, -0.15) is 26.3 Å². The smallest absolute Gasteiger partial charge is 0.0998 e. The third-order valence-electron chi connectivity index (χ3n) is 13.2. The van der Waals surface area contributed by atoms with Crippen molar-refractivity contribution in [1.29, 1.82) is 26.3 Å². The highest BCUT2D eigenvalue weighted by Gasteiger charge is 2.21. The Morgan fingerprint density at radius 3 is 0.873 bits per heavy atom. The Kier molecular flexibility index (Phi) is 11.1. The normalized spacial score (nSPS) is 10.7. The molecule has 0 fully saturated rings. The molecule has 0 atom stereocenters. The van der Waals surface area contributed by atoms with Crippen molar-refractivity contribution in [2.75, 3.05) is 0 Å². The molecule has 0 aliphatic carbocycles. The van der Waals surface area contributed by atoms with Gasteiger partial charge < -0.3 is 4.57 Å². The van der Waals surface area contributed by atoms with Gasteiger partial charge in [-0.05, 0) is 164 Å². The standard InChI is InChI=1S/C65H36N6/c66-37-44-13-1-6-18-55(44)51-29-49(30-52(33-51)56-19-7-2-14-45(56)38-67)42-25-27-64-61(35-42)62-36-43(26-28-65(62)71(64)63-24-12-11-23-60(63)59-22-10-5-17-48(59)41-70)50-31-53(57-20-8-3-15-46(57)39-68)34-54(32-50)58-21-9-4-16-47(58)40-69/h1-36H. The van der Waals surface area contributed by atoms with Gasteiger partial charge in [0.05, 0.1) is 74.9 Å². The van der Waals surface area contributed by atoms with Crippen LogP contribution >= 0.6 is 0 Å². The summed E-state index contributed by atoms with van der Waals surface area (Å²) in [4.78, 5) is 0. The molecule has 11 aromatic rings. The molecule has 0 radical (unpaired) electrons. The van der Waals surface area contributed by atoms with E-state index in [2.05, 4.69) is 120 Å². The van der Waals surface area contributed by atoms with Crippen LogP contribution < -0.4 is 0 Å². The van der Waals surface area contributed by atoms with Gasteiger partial charge in [-0.1, -0.05) is 121 Å². The molecule has 0 saturated carbocycles. The molecule has 0 unspecified atom stereocenters. The molecule has 326 valence electrons. The lowest BCUT2D eigenvalue weighted by molar-refractivity contribution is 1.18. The van der Waals surface area contributed by atoms with Crippen molar-refractivity contribution in [2.24, 2.45) is 0 Å². The predicted molar refractivity (Wildman–Crippen MR) is 282 cm³/mol. The van der Waals surface area contributed by atoms with Crippen molar-refractivity contribution in [2.45, 2.75) is 0 Å². The molecule has 0 aliphatic rings. The molecule has 1 aromatic heterocycles. The Labute approximate surface area is 410 Å². The summed E-state index contributed by atoms with van der Waals surface area (Å²) in [5, 5.41) is 53.2. The van der Waals surface area contributed by atoms with Crippen LogP contribution in [0, 0.1) is 56.7 Å². The average molecular weight is 901 g/mol. The minimum atomic E-state index is 0.548. The molecule has 1 heterocycles. The summed E-state index contributed by atoms with van der Waals surface area (Å²) in [7, 11) is 0. The zero-order valence-electron chi connectivity index (χ0n) is 38.0. The van der Waals surface area contributed by atoms with E-state index >= 15 is 0 Å². The first-order valence-electron chi connectivity index (χ1n) is 22.9. The zero-order chi connectivity index (χ0) is 48.4. The lowest BCUT2D eigenvalue weighted by Gasteiger charge is -2.16. The first kappa shape index (κ1) is 43.0. The molecule has 71 heavy (non-hydrogen) atoms. The van der Waals surface area contributed by atoms with Gasteiger partial charge in [0.25, 0.3) is 0 Å². The summed E-state index contributed by atoms with van der Waals surface area (Å²) in [6.07, 6.45) is 0. The maximum Gasteiger partial charge on any atom is 0.0998 e. The van der Waals surface area contributed by atoms with E-state index in [-0.39, 0.29) is 0 Å². The molecule has 0 aliphatic heterocycles. The third kappa shape index (κ3) is 7.72. The third-order valence-corrected chi connectivity index (χ3v) is 13.2. The van der Waals surface area contributed by atoms with Gasteiger partial charge in [0.2, 0.25) is 0 Å². The summed E-state index contributed by atoms with van der Waals surface area (Å²) in [6, 6.07) is 83.5. The lowest BCUT2D eigenvalue weighted by Crippen LogP contribution is -1.98. The Morgan fingerprint density at radius 2 is 0.521 bits per heavy atom. The number of hydrogen-bond acceptors (Lipinski definition) is 5. The Balaban J connectivity index is 1.19. The van der Waals surface area contributed by atoms with E-state index in [1.165, 1.54) is 0 Å². The van der Waals surface area contributed by atoms with Gasteiger partial charge in [0.1, 0.15) is 0 Å². The van der Waals surface area contributed by atoms with Gasteiger partial charge in [-0.3, -0.25) is 0 Å². The monoisotopic (exact) mass is 900 g/mol. The molecule has 0 bridgehead atoms. The second-order valence-corrected chi connectivity index (χ2v) is 17.2. The molecule has 0 saturated heterocycles. The van der Waals surface area contributed by atoms with Crippen molar-refractivity contribution in [3.63, 3.8) is 0 Å². The van der Waals surface area contributed by atoms with Gasteiger partial charge in [-0.25, -0.2) is 0 Å². The predicted octanol–water partition coefficient (Wildman–Crippen LogP) is 15.8. The summed E-state index contributed by atoms with van der Waals surface area (Å²) in [6.45, 7) is 0. The van der Waals surface area contributed by atoms with Crippen LogP contribution in [-0.2, 0) is 0 Å². The molecule has 0 amide bonds. The lowest BCUT2D eigenvalue weighted by atomic mass is 9.89. The van der Waals surface area contributed by atoms with Crippen LogP contribution in [0.15, 0.2) is 218 Å². The second kappa shape index (κ2) is 18.3. The molecule has 0 N–H and O–H groups in total. The Morgan fingerprint density at radius 1 is 0.239 bits per heavy atom. The maximum atomic E-state index is 10.3. The molecular formula is C65H36N6. The van der Waals surface area contributed by atoms with Crippen molar-refractivity contribution < 1.29 is 0 Å². The van der Waals surface area contributed by atoms with Crippen molar-refractivity contribution in [3.05, 3.63) is 246 Å². The number of rotatable bonds is 8. The van der Waals surface area contributed by atoms with E-state index in [0.29, 0.717) is 27.8 Å². The number of fused-ring (bicyclic) bond motifs is 3. The number of para-hydroxylation sites is 1. The number of benzene rings is 10. The summed E-state index contributed by atoms with van der Waals surface area (Å²) >= 11 is 0. The van der Waals surface area contributed by atoms with E-state index in [9.17, 15) is 26.3 Å². The second-order valence-electron chi connectivity index (χ2n) is 17.2. The topological polar surface area (TPSA) is 124 Å². The minimum Gasteiger partial charge on any atom is -0.309 e. The molecule has 10 aromatic carbocycles. The number of nitriles is 5. The van der Waals surface area contributed by atoms with Crippen LogP contribution in [0.25, 0.3) is 105 Å². The van der Waals surface area contributed by atoms with E-state index < -0.39 is 0 Å². The molecule has 6 nitrogen and oxygen atoms in total. The molecular weight excluding hydrogens is 865 g/mol. The Hall–Kier alpha value is -10.6. The van der Waals surface area contributed by atoms with E-state index in [1.807, 2.05) is 133 Å². The number of aromatic nitrogens is 1. The van der Waals surface area contributed by atoms with E-state index in [0.717, 1.165) is 105 Å². The fraction of sp³-hybridized carbons (Fsp3) is 0. The highest BCUT2D eigenvalue weighted by atomic mass is 15.0. The van der Waals surface area contributed by atoms with Crippen LogP contribution in [0.2, 0.25) is 0 Å². The van der Waals surface area contributed by atoms with Gasteiger partial charge in [0, 0.05) is 21.9 Å². The first-order valence-corrected chi connectivity index (χ1v) is 22.9. The quantitative estimate of drug-likeness (QED) is 0.150. The molecule has 11 rings (SSSR count). The number of hydrogen-bond donors (Lipinski definition) is 0. The average Bonchev–Trinajstić information content (AvgIpc) is 3.77. The van der Waals surface area contributed by atoms with Crippen LogP contribution in [0.5, 0.6) is 0 Å². The van der Waals surface area contributed by atoms with Crippen molar-refractivity contribution in [3.8, 4) is 114 Å². The zero-order valence-corrected chi connectivity index (χ0v) is 38.0. The van der Waals surface area contributed by atoms with Crippen LogP contribution in [0.1, 0.15) is 27.8 Å². The van der Waals surface area contributed by atoms with Crippen LogP contribution in [0.4, 0.5) is 0 Å². The first-order chi connectivity index (χ1) is 35.0. The SMILES string of the molecule is N#Cc1ccccc1-c1cc(-c2ccc3c(c2)c2cc(-c4cc(-c5ccccc5C#N)cc(-c5ccccc5C#N)c4)ccc2n3-c2ccccc2-c2ccccc2C#N)cc(-c2ccccc2C#N)c1. The summed E-state index contributed by atoms with van der Waals surface area (Å²) in [5.41, 5.74) is 17.6. The summed E-state index contributed by atoms with van der Waals surface area (Å²) < 4.78 is 2.27. The highest BCUT2D eigenvalue weighted by molar-refractivity contribution is 6.12. The van der Waals surface area contributed by atoms with Crippen LogP contribution in [0.3, 0.4) is 0 Å². The van der Waals surface area contributed by atoms with Gasteiger partial charge in [-0.15, -0.1) is 0 Å². The van der Waals surface area contributed by atoms with Crippen LogP contribution in [-0.4, -0.2) is 4.57 Å². The largest absolute Gasteiger partial charge is 0.309 e. The summed E-state index contributed by atoms with van der Waals surface area (Å²) in [5.74, 6) is 0. The molecule has 0 spiro atoms. The van der Waals surface area contributed by atoms with Crippen molar-refractivity contribution >= 4 is 21.8 Å².